The zero-order valence-electron chi connectivity index (χ0n) is 17.4. The molecule has 0 spiro atoms. The molecule has 0 aliphatic rings. The van der Waals surface area contributed by atoms with Gasteiger partial charge in [-0.1, -0.05) is 6.07 Å². The van der Waals surface area contributed by atoms with E-state index in [2.05, 4.69) is 30.5 Å². The van der Waals surface area contributed by atoms with Crippen LogP contribution in [-0.4, -0.2) is 31.1 Å². The number of aromatic amines is 1. The highest BCUT2D eigenvalue weighted by Gasteiger charge is 2.13. The van der Waals surface area contributed by atoms with Crippen molar-refractivity contribution in [3.8, 4) is 11.3 Å². The molecule has 156 valence electrons. The smallest absolute Gasteiger partial charge is 0.255 e. The quantitative estimate of drug-likeness (QED) is 0.434. The summed E-state index contributed by atoms with van der Waals surface area (Å²) in [5.41, 5.74) is 7.06. The average molecular weight is 420 g/mol. The predicted molar refractivity (Wildman–Crippen MR) is 123 cm³/mol. The second kappa shape index (κ2) is 8.39. The lowest BCUT2D eigenvalue weighted by atomic mass is 9.97. The molecule has 0 aliphatic heterocycles. The monoisotopic (exact) mass is 420 g/mol. The summed E-state index contributed by atoms with van der Waals surface area (Å²) in [6, 6.07) is 17.2. The van der Waals surface area contributed by atoms with Gasteiger partial charge in [0, 0.05) is 41.0 Å². The summed E-state index contributed by atoms with van der Waals surface area (Å²) in [7, 11) is 0. The number of aromatic nitrogens is 5. The van der Waals surface area contributed by atoms with Gasteiger partial charge in [-0.25, -0.2) is 9.97 Å². The number of amides is 1. The van der Waals surface area contributed by atoms with Gasteiger partial charge >= 0.3 is 0 Å². The highest BCUT2D eigenvalue weighted by Crippen LogP contribution is 2.24. The fourth-order valence-electron chi connectivity index (χ4n) is 3.67. The van der Waals surface area contributed by atoms with Crippen molar-refractivity contribution >= 4 is 22.5 Å². The molecule has 2 N–H and O–H groups in total. The summed E-state index contributed by atoms with van der Waals surface area (Å²) in [6.07, 6.45) is 7.35. The van der Waals surface area contributed by atoms with Crippen LogP contribution in [0, 0.1) is 6.92 Å². The molecule has 3 aromatic heterocycles. The molecule has 5 rings (SSSR count). The van der Waals surface area contributed by atoms with E-state index in [-0.39, 0.29) is 5.91 Å². The Kier molecular flexibility index (Phi) is 5.13. The molecule has 0 saturated heterocycles. The molecule has 32 heavy (non-hydrogen) atoms. The Balaban J connectivity index is 1.41. The van der Waals surface area contributed by atoms with Crippen LogP contribution in [0.5, 0.6) is 0 Å². The normalized spacial score (nSPS) is 10.9. The van der Waals surface area contributed by atoms with E-state index in [9.17, 15) is 4.79 Å². The van der Waals surface area contributed by atoms with Crippen molar-refractivity contribution in [1.82, 2.24) is 25.1 Å². The van der Waals surface area contributed by atoms with Crippen LogP contribution >= 0.6 is 0 Å². The maximum Gasteiger partial charge on any atom is 0.255 e. The van der Waals surface area contributed by atoms with Crippen LogP contribution in [0.2, 0.25) is 0 Å². The van der Waals surface area contributed by atoms with E-state index in [1.807, 2.05) is 61.5 Å². The van der Waals surface area contributed by atoms with Crippen molar-refractivity contribution in [1.29, 1.82) is 0 Å². The Morgan fingerprint density at radius 3 is 2.84 bits per heavy atom. The number of H-pyrrole nitrogens is 1. The van der Waals surface area contributed by atoms with E-state index < -0.39 is 0 Å². The number of aryl methyl sites for hydroxylation is 1. The minimum absolute atomic E-state index is 0.161. The summed E-state index contributed by atoms with van der Waals surface area (Å²) in [5, 5.41) is 10.8. The minimum atomic E-state index is -0.161. The SMILES string of the molecule is Cc1ccc(C(=O)Nc2ccc3[nH]ncc3c2)cc1Cc1ncccc1-c1ccncn1. The fraction of sp³-hybridized carbons (Fsp3) is 0.0800. The number of carbonyl (C=O) groups is 1. The third-order valence-corrected chi connectivity index (χ3v) is 5.42. The van der Waals surface area contributed by atoms with Crippen LogP contribution in [-0.2, 0) is 6.42 Å². The van der Waals surface area contributed by atoms with Gasteiger partial charge in [0.25, 0.3) is 5.91 Å². The number of rotatable bonds is 5. The Bertz CT molecular complexity index is 1410. The highest BCUT2D eigenvalue weighted by molar-refractivity contribution is 6.05. The summed E-state index contributed by atoms with van der Waals surface area (Å²) >= 11 is 0. The summed E-state index contributed by atoms with van der Waals surface area (Å²) in [6.45, 7) is 2.04. The fourth-order valence-corrected chi connectivity index (χ4v) is 3.67. The molecule has 0 unspecified atom stereocenters. The zero-order valence-corrected chi connectivity index (χ0v) is 17.4. The number of nitrogens with one attached hydrogen (secondary N) is 2. The van der Waals surface area contributed by atoms with E-state index >= 15 is 0 Å². The maximum atomic E-state index is 12.9. The topological polar surface area (TPSA) is 96.5 Å². The number of carbonyl (C=O) groups excluding carboxylic acids is 1. The number of benzene rings is 2. The minimum Gasteiger partial charge on any atom is -0.322 e. The molecule has 0 saturated carbocycles. The van der Waals surface area contributed by atoms with Crippen LogP contribution in [0.25, 0.3) is 22.2 Å². The molecular weight excluding hydrogens is 400 g/mol. The van der Waals surface area contributed by atoms with Crippen LogP contribution in [0.1, 0.15) is 27.2 Å². The molecule has 1 amide bonds. The molecule has 0 aliphatic carbocycles. The summed E-state index contributed by atoms with van der Waals surface area (Å²) < 4.78 is 0. The first kappa shape index (κ1) is 19.6. The van der Waals surface area contributed by atoms with Crippen molar-refractivity contribution in [2.75, 3.05) is 5.32 Å². The first-order valence-electron chi connectivity index (χ1n) is 10.2. The Hall–Kier alpha value is -4.39. The highest BCUT2D eigenvalue weighted by atomic mass is 16.1. The van der Waals surface area contributed by atoms with E-state index in [4.69, 9.17) is 0 Å². The van der Waals surface area contributed by atoms with Gasteiger partial charge in [0.2, 0.25) is 0 Å². The molecule has 2 aromatic carbocycles. The first-order valence-corrected chi connectivity index (χ1v) is 10.2. The van der Waals surface area contributed by atoms with Crippen LogP contribution < -0.4 is 5.32 Å². The van der Waals surface area contributed by atoms with Gasteiger partial charge < -0.3 is 5.32 Å². The van der Waals surface area contributed by atoms with Crippen molar-refractivity contribution in [3.05, 3.63) is 102 Å². The van der Waals surface area contributed by atoms with Gasteiger partial charge in [0.1, 0.15) is 6.33 Å². The molecule has 0 bridgehead atoms. The lowest BCUT2D eigenvalue weighted by Gasteiger charge is -2.12. The van der Waals surface area contributed by atoms with Crippen molar-refractivity contribution < 1.29 is 4.79 Å². The van der Waals surface area contributed by atoms with Gasteiger partial charge in [-0.3, -0.25) is 14.9 Å². The van der Waals surface area contributed by atoms with E-state index in [1.165, 1.54) is 6.33 Å². The van der Waals surface area contributed by atoms with Gasteiger partial charge in [0.15, 0.2) is 0 Å². The van der Waals surface area contributed by atoms with Crippen LogP contribution in [0.4, 0.5) is 5.69 Å². The third kappa shape index (κ3) is 3.96. The Morgan fingerprint density at radius 2 is 1.97 bits per heavy atom. The first-order chi connectivity index (χ1) is 15.7. The number of hydrogen-bond donors (Lipinski definition) is 2. The number of hydrogen-bond acceptors (Lipinski definition) is 5. The van der Waals surface area contributed by atoms with Gasteiger partial charge in [0.05, 0.1) is 23.1 Å². The standard InChI is InChI=1S/C25H20N6O/c1-16-4-5-17(25(32)30-20-6-7-22-19(12-20)14-29-31-22)11-18(16)13-24-21(3-2-9-27-24)23-8-10-26-15-28-23/h2-12,14-15H,13H2,1H3,(H,29,31)(H,30,32). The average Bonchev–Trinajstić information content (AvgIpc) is 3.29. The molecule has 7 heteroatoms. The molecular formula is C25H20N6O. The Labute approximate surface area is 184 Å². The third-order valence-electron chi connectivity index (χ3n) is 5.42. The lowest BCUT2D eigenvalue weighted by Crippen LogP contribution is -2.12. The maximum absolute atomic E-state index is 12.9. The number of anilines is 1. The number of pyridine rings is 1. The molecule has 0 fully saturated rings. The second-order valence-electron chi connectivity index (χ2n) is 7.54. The van der Waals surface area contributed by atoms with E-state index in [0.29, 0.717) is 12.0 Å². The van der Waals surface area contributed by atoms with Crippen LogP contribution in [0.15, 0.2) is 79.5 Å². The second-order valence-corrected chi connectivity index (χ2v) is 7.54. The van der Waals surface area contributed by atoms with Crippen molar-refractivity contribution in [3.63, 3.8) is 0 Å². The summed E-state index contributed by atoms with van der Waals surface area (Å²) in [5.74, 6) is -0.161. The van der Waals surface area contributed by atoms with E-state index in [0.717, 1.165) is 44.7 Å². The molecule has 5 aromatic rings. The van der Waals surface area contributed by atoms with Crippen LogP contribution in [0.3, 0.4) is 0 Å². The lowest BCUT2D eigenvalue weighted by molar-refractivity contribution is 0.102. The zero-order chi connectivity index (χ0) is 21.9. The van der Waals surface area contributed by atoms with Gasteiger partial charge in [-0.05, 0) is 66.6 Å². The summed E-state index contributed by atoms with van der Waals surface area (Å²) in [4.78, 5) is 25.9. The molecule has 0 radical (unpaired) electrons. The molecule has 3 heterocycles. The van der Waals surface area contributed by atoms with Gasteiger partial charge in [-0.15, -0.1) is 0 Å². The number of nitrogens with zero attached hydrogens (tertiary/aromatic N) is 4. The number of fused-ring (bicyclic) bond motifs is 1. The molecule has 0 atom stereocenters. The van der Waals surface area contributed by atoms with Gasteiger partial charge in [-0.2, -0.15) is 5.10 Å². The van der Waals surface area contributed by atoms with Crippen molar-refractivity contribution in [2.24, 2.45) is 0 Å². The predicted octanol–water partition coefficient (Wildman–Crippen LogP) is 4.57. The Morgan fingerprint density at radius 1 is 1.03 bits per heavy atom. The largest absolute Gasteiger partial charge is 0.322 e. The molecule has 7 nitrogen and oxygen atoms in total. The van der Waals surface area contributed by atoms with E-state index in [1.54, 1.807) is 18.6 Å². The van der Waals surface area contributed by atoms with Crippen molar-refractivity contribution in [2.45, 2.75) is 13.3 Å².